The molecule has 1 N–H and O–H groups in total. The summed E-state index contributed by atoms with van der Waals surface area (Å²) in [5.74, 6) is 0.759. The van der Waals surface area contributed by atoms with Crippen LogP contribution in [0.15, 0.2) is 53.3 Å². The number of hydrogen-bond acceptors (Lipinski definition) is 3. The molecular weight excluding hydrogens is 300 g/mol. The zero-order valence-corrected chi connectivity index (χ0v) is 12.6. The highest BCUT2D eigenvalue weighted by Crippen LogP contribution is 2.21. The summed E-state index contributed by atoms with van der Waals surface area (Å²) in [5.41, 5.74) is 2.13. The molecule has 1 aromatic heterocycles. The second kappa shape index (κ2) is 6.03. The molecule has 0 spiro atoms. The Hall–Kier alpha value is -2.59. The van der Waals surface area contributed by atoms with Crippen molar-refractivity contribution in [3.8, 4) is 5.75 Å². The molecule has 0 saturated carbocycles. The Morgan fingerprint density at radius 2 is 1.91 bits per heavy atom. The summed E-state index contributed by atoms with van der Waals surface area (Å²) in [6.07, 6.45) is 1.70. The van der Waals surface area contributed by atoms with E-state index in [1.54, 1.807) is 19.3 Å². The molecule has 0 unspecified atom stereocenters. The molecule has 0 saturated heterocycles. The first-order chi connectivity index (χ1) is 10.7. The number of benzene rings is 2. The molecule has 3 aromatic rings. The average molecular weight is 313 g/mol. The van der Waals surface area contributed by atoms with Gasteiger partial charge in [-0.15, -0.1) is 0 Å². The number of nitrogens with one attached hydrogen (secondary N) is 1. The predicted molar refractivity (Wildman–Crippen MR) is 89.1 cm³/mol. The van der Waals surface area contributed by atoms with Crippen molar-refractivity contribution in [3.63, 3.8) is 0 Å². The Morgan fingerprint density at radius 3 is 2.64 bits per heavy atom. The van der Waals surface area contributed by atoms with Crippen LogP contribution in [-0.4, -0.2) is 17.1 Å². The maximum absolute atomic E-state index is 12.1. The lowest BCUT2D eigenvalue weighted by atomic mass is 10.2. The Kier molecular flexibility index (Phi) is 3.94. The van der Waals surface area contributed by atoms with E-state index in [9.17, 15) is 4.79 Å². The smallest absolute Gasteiger partial charge is 0.275 e. The average Bonchev–Trinajstić information content (AvgIpc) is 2.54. The van der Waals surface area contributed by atoms with E-state index >= 15 is 0 Å². The summed E-state index contributed by atoms with van der Waals surface area (Å²) >= 11 is 6.27. The first-order valence-corrected chi connectivity index (χ1v) is 7.06. The second-order valence-corrected chi connectivity index (χ2v) is 5.10. The molecule has 3 rings (SSSR count). The van der Waals surface area contributed by atoms with Gasteiger partial charge in [0.25, 0.3) is 5.56 Å². The van der Waals surface area contributed by atoms with Gasteiger partial charge >= 0.3 is 0 Å². The van der Waals surface area contributed by atoms with E-state index in [2.05, 4.69) is 9.97 Å². The van der Waals surface area contributed by atoms with Crippen LogP contribution in [0.3, 0.4) is 0 Å². The number of fused-ring (bicyclic) bond motifs is 1. The van der Waals surface area contributed by atoms with Gasteiger partial charge in [-0.05, 0) is 35.9 Å². The fourth-order valence-corrected chi connectivity index (χ4v) is 2.36. The number of nitrogens with zero attached hydrogens (tertiary/aromatic N) is 1. The highest BCUT2D eigenvalue weighted by molar-refractivity contribution is 6.51. The molecule has 0 aliphatic carbocycles. The SMILES string of the molecule is COc1ccc(C=C(Cl)c2nc3ccccc3[nH]c2=O)cc1. The van der Waals surface area contributed by atoms with E-state index in [1.807, 2.05) is 42.5 Å². The molecule has 4 nitrogen and oxygen atoms in total. The number of hydrogen-bond donors (Lipinski definition) is 1. The summed E-state index contributed by atoms with van der Waals surface area (Å²) in [4.78, 5) is 19.2. The van der Waals surface area contributed by atoms with Gasteiger partial charge < -0.3 is 9.72 Å². The quantitative estimate of drug-likeness (QED) is 0.803. The van der Waals surface area contributed by atoms with Crippen molar-refractivity contribution >= 4 is 33.7 Å². The fraction of sp³-hybridized carbons (Fsp3) is 0.0588. The van der Waals surface area contributed by atoms with E-state index < -0.39 is 0 Å². The van der Waals surface area contributed by atoms with Crippen molar-refractivity contribution in [2.75, 3.05) is 7.11 Å². The van der Waals surface area contributed by atoms with E-state index in [0.717, 1.165) is 11.3 Å². The van der Waals surface area contributed by atoms with Crippen molar-refractivity contribution in [2.45, 2.75) is 0 Å². The minimum Gasteiger partial charge on any atom is -0.497 e. The van der Waals surface area contributed by atoms with Gasteiger partial charge in [0, 0.05) is 0 Å². The molecule has 0 radical (unpaired) electrons. The van der Waals surface area contributed by atoms with Crippen LogP contribution in [0.4, 0.5) is 0 Å². The lowest BCUT2D eigenvalue weighted by Crippen LogP contribution is -2.13. The molecule has 0 aliphatic rings. The van der Waals surface area contributed by atoms with Crippen LogP contribution >= 0.6 is 11.6 Å². The third-order valence-corrected chi connectivity index (χ3v) is 3.52. The highest BCUT2D eigenvalue weighted by atomic mass is 35.5. The lowest BCUT2D eigenvalue weighted by molar-refractivity contribution is 0.415. The molecule has 110 valence electrons. The largest absolute Gasteiger partial charge is 0.497 e. The number of rotatable bonds is 3. The van der Waals surface area contributed by atoms with Gasteiger partial charge in [0.15, 0.2) is 0 Å². The maximum Gasteiger partial charge on any atom is 0.275 e. The zero-order valence-electron chi connectivity index (χ0n) is 11.8. The monoisotopic (exact) mass is 312 g/mol. The molecule has 0 bridgehead atoms. The minimum atomic E-state index is -0.312. The summed E-state index contributed by atoms with van der Waals surface area (Å²) < 4.78 is 5.11. The van der Waals surface area contributed by atoms with E-state index in [-0.39, 0.29) is 16.3 Å². The van der Waals surface area contributed by atoms with Crippen molar-refractivity contribution in [1.29, 1.82) is 0 Å². The molecular formula is C17H13ClN2O2. The summed E-state index contributed by atoms with van der Waals surface area (Å²) in [6.45, 7) is 0. The number of methoxy groups -OCH3 is 1. The third kappa shape index (κ3) is 2.87. The number of halogens is 1. The van der Waals surface area contributed by atoms with E-state index in [1.165, 1.54) is 0 Å². The topological polar surface area (TPSA) is 55.0 Å². The van der Waals surface area contributed by atoms with Crippen molar-refractivity contribution in [3.05, 3.63) is 70.1 Å². The predicted octanol–water partition coefficient (Wildman–Crippen LogP) is 3.67. The van der Waals surface area contributed by atoms with Crippen molar-refractivity contribution in [1.82, 2.24) is 9.97 Å². The Labute approximate surface area is 132 Å². The molecule has 22 heavy (non-hydrogen) atoms. The van der Waals surface area contributed by atoms with Gasteiger partial charge in [0.05, 0.1) is 23.2 Å². The standard InChI is InChI=1S/C17H13ClN2O2/c1-22-12-8-6-11(7-9-12)10-13(18)16-17(21)20-15-5-3-2-4-14(15)19-16/h2-10H,1H3,(H,20,21). The van der Waals surface area contributed by atoms with Gasteiger partial charge in [-0.2, -0.15) is 0 Å². The van der Waals surface area contributed by atoms with E-state index in [0.29, 0.717) is 11.0 Å². The molecule has 1 heterocycles. The number of ether oxygens (including phenoxy) is 1. The van der Waals surface area contributed by atoms with Gasteiger partial charge in [0.2, 0.25) is 0 Å². The highest BCUT2D eigenvalue weighted by Gasteiger charge is 2.08. The second-order valence-electron chi connectivity index (χ2n) is 4.70. The van der Waals surface area contributed by atoms with Crippen LogP contribution in [0.5, 0.6) is 5.75 Å². The van der Waals surface area contributed by atoms with Gasteiger partial charge in [-0.1, -0.05) is 35.9 Å². The lowest BCUT2D eigenvalue weighted by Gasteiger charge is -2.03. The first-order valence-electron chi connectivity index (χ1n) is 6.68. The summed E-state index contributed by atoms with van der Waals surface area (Å²) in [7, 11) is 1.61. The number of para-hydroxylation sites is 2. The molecule has 2 aromatic carbocycles. The number of aromatic nitrogens is 2. The Morgan fingerprint density at radius 1 is 1.18 bits per heavy atom. The molecule has 0 amide bonds. The van der Waals surface area contributed by atoms with Crippen LogP contribution in [0.25, 0.3) is 22.1 Å². The van der Waals surface area contributed by atoms with Crippen LogP contribution in [0.2, 0.25) is 0 Å². The minimum absolute atomic E-state index is 0.205. The Bertz CT molecular complexity index is 898. The summed E-state index contributed by atoms with van der Waals surface area (Å²) in [6, 6.07) is 14.7. The molecule has 5 heteroatoms. The van der Waals surface area contributed by atoms with Gasteiger partial charge in [-0.3, -0.25) is 4.79 Å². The molecule has 0 atom stereocenters. The number of H-pyrrole nitrogens is 1. The van der Waals surface area contributed by atoms with E-state index in [4.69, 9.17) is 16.3 Å². The molecule has 0 fully saturated rings. The normalized spacial score (nSPS) is 11.6. The first kappa shape index (κ1) is 14.4. The van der Waals surface area contributed by atoms with Crippen LogP contribution in [0.1, 0.15) is 11.3 Å². The third-order valence-electron chi connectivity index (χ3n) is 3.23. The fourth-order valence-electron chi connectivity index (χ4n) is 2.11. The summed E-state index contributed by atoms with van der Waals surface area (Å²) in [5, 5.41) is 0.289. The van der Waals surface area contributed by atoms with Gasteiger partial charge in [0.1, 0.15) is 11.4 Å². The van der Waals surface area contributed by atoms with Crippen molar-refractivity contribution in [2.24, 2.45) is 0 Å². The zero-order chi connectivity index (χ0) is 15.5. The number of aromatic amines is 1. The Balaban J connectivity index is 2.03. The molecule has 0 aliphatic heterocycles. The van der Waals surface area contributed by atoms with Crippen LogP contribution in [0, 0.1) is 0 Å². The maximum atomic E-state index is 12.1. The van der Waals surface area contributed by atoms with Crippen LogP contribution in [-0.2, 0) is 0 Å². The van der Waals surface area contributed by atoms with Gasteiger partial charge in [-0.25, -0.2) is 4.98 Å². The van der Waals surface area contributed by atoms with Crippen LogP contribution < -0.4 is 10.3 Å². The van der Waals surface area contributed by atoms with Crippen molar-refractivity contribution < 1.29 is 4.74 Å².